The second kappa shape index (κ2) is 10.4. The van der Waals surface area contributed by atoms with E-state index in [1.54, 1.807) is 54.6 Å². The Morgan fingerprint density at radius 2 is 0.879 bits per heavy atom. The molecule has 0 aromatic heterocycles. The van der Waals surface area contributed by atoms with E-state index in [1.807, 2.05) is 24.3 Å². The van der Waals surface area contributed by atoms with Gasteiger partial charge in [-0.2, -0.15) is 0 Å². The summed E-state index contributed by atoms with van der Waals surface area (Å²) >= 11 is 0. The Kier molecular flexibility index (Phi) is 6.95. The zero-order chi connectivity index (χ0) is 23.0. The van der Waals surface area contributed by atoms with Gasteiger partial charge >= 0.3 is 17.9 Å². The lowest BCUT2D eigenvalue weighted by Gasteiger charge is -2.08. The van der Waals surface area contributed by atoms with Gasteiger partial charge in [-0.05, 0) is 72.0 Å². The zero-order valence-electron chi connectivity index (χ0n) is 17.9. The first-order valence-electron chi connectivity index (χ1n) is 10.6. The quantitative estimate of drug-likeness (QED) is 0.371. The number of esters is 3. The topological polar surface area (TPSA) is 78.9 Å². The first kappa shape index (κ1) is 22.0. The molecule has 0 saturated heterocycles. The van der Waals surface area contributed by atoms with Gasteiger partial charge in [-0.25, -0.2) is 4.79 Å². The van der Waals surface area contributed by atoms with Gasteiger partial charge in [0.1, 0.15) is 17.2 Å². The number of fused-ring (bicyclic) bond motifs is 3. The maximum atomic E-state index is 12.2. The van der Waals surface area contributed by atoms with Crippen molar-refractivity contribution in [2.24, 2.45) is 0 Å². The standard InChI is InChI=1S/C27H22O6/c28-25-16-7-19-1-10-22(11-2-19)31-26(29)17-8-20-5-14-24(15-6-20)33-27(30)18-9-21-3-12-23(32-25)13-4-21/h1-7,10-16H,8-9,17-18H2/b16-7+. The number of aryl methyl sites for hydroxylation is 2. The van der Waals surface area contributed by atoms with Gasteiger partial charge < -0.3 is 14.2 Å². The van der Waals surface area contributed by atoms with Crippen LogP contribution in [0.25, 0.3) is 6.08 Å². The van der Waals surface area contributed by atoms with Crippen LogP contribution in [0, 0.1) is 0 Å². The highest BCUT2D eigenvalue weighted by Gasteiger charge is 2.09. The molecular weight excluding hydrogens is 420 g/mol. The van der Waals surface area contributed by atoms with E-state index in [0.29, 0.717) is 30.1 Å². The maximum Gasteiger partial charge on any atom is 0.336 e. The Labute approximate surface area is 191 Å². The van der Waals surface area contributed by atoms with Gasteiger partial charge in [-0.1, -0.05) is 36.4 Å². The minimum Gasteiger partial charge on any atom is -0.427 e. The predicted octanol–water partition coefficient (Wildman–Crippen LogP) is 4.70. The normalized spacial score (nSPS) is 15.9. The molecule has 6 bridgehead atoms. The van der Waals surface area contributed by atoms with Crippen molar-refractivity contribution in [3.05, 3.63) is 95.6 Å². The molecule has 0 aliphatic carbocycles. The summed E-state index contributed by atoms with van der Waals surface area (Å²) in [6, 6.07) is 20.9. The number of ether oxygens (including phenoxy) is 3. The summed E-state index contributed by atoms with van der Waals surface area (Å²) in [5.74, 6) is 0.0899. The lowest BCUT2D eigenvalue weighted by atomic mass is 10.1. The molecule has 4 aliphatic heterocycles. The first-order chi connectivity index (χ1) is 16.0. The van der Waals surface area contributed by atoms with E-state index in [0.717, 1.165) is 16.7 Å². The maximum absolute atomic E-state index is 12.2. The summed E-state index contributed by atoms with van der Waals surface area (Å²) in [6.07, 6.45) is 4.39. The van der Waals surface area contributed by atoms with E-state index in [-0.39, 0.29) is 24.8 Å². The highest BCUT2D eigenvalue weighted by molar-refractivity contribution is 5.88. The Balaban J connectivity index is 1.51. The van der Waals surface area contributed by atoms with E-state index in [2.05, 4.69) is 0 Å². The molecule has 7 rings (SSSR count). The molecule has 6 heteroatoms. The highest BCUT2D eigenvalue weighted by atomic mass is 16.5. The second-order valence-corrected chi connectivity index (χ2v) is 7.56. The number of carbonyl (C=O) groups excluding carboxylic acids is 3. The monoisotopic (exact) mass is 442 g/mol. The van der Waals surface area contributed by atoms with E-state index in [4.69, 9.17) is 14.2 Å². The molecule has 0 saturated carbocycles. The van der Waals surface area contributed by atoms with Crippen molar-refractivity contribution in [1.29, 1.82) is 0 Å². The number of benzene rings is 3. The Hall–Kier alpha value is -4.19. The summed E-state index contributed by atoms with van der Waals surface area (Å²) in [5.41, 5.74) is 2.64. The molecular formula is C27H22O6. The second-order valence-electron chi connectivity index (χ2n) is 7.56. The molecule has 166 valence electrons. The predicted molar refractivity (Wildman–Crippen MR) is 122 cm³/mol. The van der Waals surface area contributed by atoms with Crippen LogP contribution < -0.4 is 14.2 Å². The Bertz CT molecular complexity index is 1160. The molecule has 0 N–H and O–H groups in total. The summed E-state index contributed by atoms with van der Waals surface area (Å²) < 4.78 is 16.1. The summed E-state index contributed by atoms with van der Waals surface area (Å²) in [7, 11) is 0. The number of hydrogen-bond donors (Lipinski definition) is 0. The third-order valence-corrected chi connectivity index (χ3v) is 5.06. The van der Waals surface area contributed by atoms with Crippen LogP contribution in [0.5, 0.6) is 17.2 Å². The van der Waals surface area contributed by atoms with Crippen molar-refractivity contribution in [1.82, 2.24) is 0 Å². The molecule has 0 radical (unpaired) electrons. The van der Waals surface area contributed by atoms with Crippen molar-refractivity contribution in [3.63, 3.8) is 0 Å². The van der Waals surface area contributed by atoms with Crippen LogP contribution in [0.3, 0.4) is 0 Å². The van der Waals surface area contributed by atoms with Crippen molar-refractivity contribution in [2.75, 3.05) is 0 Å². The highest BCUT2D eigenvalue weighted by Crippen LogP contribution is 2.18. The molecule has 0 spiro atoms. The summed E-state index contributed by atoms with van der Waals surface area (Å²) in [6.45, 7) is 0. The Morgan fingerprint density at radius 1 is 0.455 bits per heavy atom. The van der Waals surface area contributed by atoms with Gasteiger partial charge in [-0.3, -0.25) is 9.59 Å². The van der Waals surface area contributed by atoms with Crippen molar-refractivity contribution < 1.29 is 28.6 Å². The average Bonchev–Trinajstić information content (AvgIpc) is 2.82. The van der Waals surface area contributed by atoms with Crippen molar-refractivity contribution in [3.8, 4) is 17.2 Å². The number of hydrogen-bond acceptors (Lipinski definition) is 6. The molecule has 0 fully saturated rings. The molecule has 0 amide bonds. The molecule has 0 unspecified atom stereocenters. The van der Waals surface area contributed by atoms with Crippen LogP contribution in [-0.2, 0) is 27.2 Å². The third kappa shape index (κ3) is 6.64. The fraction of sp³-hybridized carbons (Fsp3) is 0.148. The lowest BCUT2D eigenvalue weighted by molar-refractivity contribution is -0.135. The van der Waals surface area contributed by atoms with Crippen molar-refractivity contribution >= 4 is 24.0 Å². The van der Waals surface area contributed by atoms with Gasteiger partial charge in [0.05, 0.1) is 0 Å². The van der Waals surface area contributed by atoms with Gasteiger partial charge in [0.25, 0.3) is 0 Å². The lowest BCUT2D eigenvalue weighted by Crippen LogP contribution is -2.10. The van der Waals surface area contributed by atoms with Gasteiger partial charge in [0.2, 0.25) is 0 Å². The average molecular weight is 442 g/mol. The smallest absolute Gasteiger partial charge is 0.336 e. The van der Waals surface area contributed by atoms with Crippen LogP contribution in [-0.4, -0.2) is 17.9 Å². The largest absolute Gasteiger partial charge is 0.427 e. The van der Waals surface area contributed by atoms with E-state index < -0.39 is 5.97 Å². The van der Waals surface area contributed by atoms with Crippen LogP contribution in [0.4, 0.5) is 0 Å². The van der Waals surface area contributed by atoms with Crippen LogP contribution >= 0.6 is 0 Å². The van der Waals surface area contributed by atoms with E-state index in [1.165, 1.54) is 6.08 Å². The van der Waals surface area contributed by atoms with Crippen molar-refractivity contribution in [2.45, 2.75) is 25.7 Å². The fourth-order valence-corrected chi connectivity index (χ4v) is 3.27. The first-order valence-corrected chi connectivity index (χ1v) is 10.6. The van der Waals surface area contributed by atoms with E-state index >= 15 is 0 Å². The van der Waals surface area contributed by atoms with Gasteiger partial charge in [0.15, 0.2) is 0 Å². The number of rotatable bonds is 0. The SMILES string of the molecule is O=C1/C=C/c2ccc(cc2)OC(=O)CCc2ccc(cc2)OC(=O)CCc2ccc(cc2)O1. The molecule has 4 aliphatic rings. The zero-order valence-corrected chi connectivity index (χ0v) is 17.9. The molecule has 0 atom stereocenters. The summed E-state index contributed by atoms with van der Waals surface area (Å²) in [4.78, 5) is 36.4. The van der Waals surface area contributed by atoms with E-state index in [9.17, 15) is 14.4 Å². The molecule has 4 heterocycles. The van der Waals surface area contributed by atoms with Gasteiger partial charge in [0, 0.05) is 18.9 Å². The molecule has 6 nitrogen and oxygen atoms in total. The fourth-order valence-electron chi connectivity index (χ4n) is 3.27. The minimum absolute atomic E-state index is 0.213. The minimum atomic E-state index is -0.512. The van der Waals surface area contributed by atoms with Gasteiger partial charge in [-0.15, -0.1) is 0 Å². The summed E-state index contributed by atoms with van der Waals surface area (Å²) in [5, 5.41) is 0. The molecule has 3 aromatic carbocycles. The molecule has 33 heavy (non-hydrogen) atoms. The third-order valence-electron chi connectivity index (χ3n) is 5.06. The number of carbonyl (C=O) groups is 3. The van der Waals surface area contributed by atoms with Crippen LogP contribution in [0.1, 0.15) is 29.5 Å². The van der Waals surface area contributed by atoms with Crippen LogP contribution in [0.2, 0.25) is 0 Å². The Morgan fingerprint density at radius 3 is 1.36 bits per heavy atom. The molecule has 3 aromatic rings. The van der Waals surface area contributed by atoms with Crippen LogP contribution in [0.15, 0.2) is 78.9 Å².